The molecule has 11 heavy (non-hydrogen) atoms. The van der Waals surface area contributed by atoms with E-state index in [2.05, 4.69) is 29.6 Å². The van der Waals surface area contributed by atoms with Crippen LogP contribution in [0.4, 0.5) is 0 Å². The van der Waals surface area contributed by atoms with E-state index in [-0.39, 0.29) is 5.54 Å². The fourth-order valence-corrected chi connectivity index (χ4v) is 1.92. The van der Waals surface area contributed by atoms with E-state index in [9.17, 15) is 0 Å². The molecule has 1 aliphatic heterocycles. The smallest absolute Gasteiger partial charge is 0.0550 e. The second kappa shape index (κ2) is 2.82. The van der Waals surface area contributed by atoms with E-state index >= 15 is 0 Å². The molecule has 0 saturated carbocycles. The van der Waals surface area contributed by atoms with E-state index in [0.29, 0.717) is 0 Å². The second-order valence-corrected chi connectivity index (χ2v) is 3.45. The highest BCUT2D eigenvalue weighted by atomic mass is 15.0. The van der Waals surface area contributed by atoms with Crippen LogP contribution in [0.1, 0.15) is 25.7 Å². The number of rotatable bonds is 0. The number of hydrogen-bond acceptors (Lipinski definition) is 1. The Kier molecular flexibility index (Phi) is 1.82. The largest absolute Gasteiger partial charge is 0.304 e. The Balaban J connectivity index is 2.18. The highest BCUT2D eigenvalue weighted by Gasteiger charge is 2.25. The SMILES string of the molecule is C1=CC2(C=CCCN2)CCC1. The van der Waals surface area contributed by atoms with Gasteiger partial charge in [-0.15, -0.1) is 0 Å². The Morgan fingerprint density at radius 1 is 1.09 bits per heavy atom. The predicted molar refractivity (Wildman–Crippen MR) is 47.5 cm³/mol. The molecular formula is C10H15N. The fraction of sp³-hybridized carbons (Fsp3) is 0.600. The molecule has 0 radical (unpaired) electrons. The summed E-state index contributed by atoms with van der Waals surface area (Å²) in [5, 5.41) is 3.56. The molecule has 0 aromatic carbocycles. The summed E-state index contributed by atoms with van der Waals surface area (Å²) >= 11 is 0. The van der Waals surface area contributed by atoms with Gasteiger partial charge in [0.05, 0.1) is 5.54 Å². The van der Waals surface area contributed by atoms with Crippen molar-refractivity contribution in [1.82, 2.24) is 5.32 Å². The van der Waals surface area contributed by atoms with E-state index in [0.717, 1.165) is 6.54 Å². The molecule has 0 bridgehead atoms. The zero-order valence-electron chi connectivity index (χ0n) is 6.84. The van der Waals surface area contributed by atoms with E-state index in [1.54, 1.807) is 0 Å². The van der Waals surface area contributed by atoms with Gasteiger partial charge < -0.3 is 5.32 Å². The van der Waals surface area contributed by atoms with Crippen LogP contribution in [0.15, 0.2) is 24.3 Å². The molecule has 60 valence electrons. The van der Waals surface area contributed by atoms with Crippen molar-refractivity contribution in [2.45, 2.75) is 31.2 Å². The third-order valence-electron chi connectivity index (χ3n) is 2.56. The maximum absolute atomic E-state index is 3.56. The minimum Gasteiger partial charge on any atom is -0.304 e. The van der Waals surface area contributed by atoms with Gasteiger partial charge in [0, 0.05) is 0 Å². The van der Waals surface area contributed by atoms with Crippen molar-refractivity contribution in [3.8, 4) is 0 Å². The summed E-state index contributed by atoms with van der Waals surface area (Å²) in [6.45, 7) is 1.14. The Labute approximate surface area is 68.2 Å². The first-order chi connectivity index (χ1) is 5.41. The molecule has 0 fully saturated rings. The van der Waals surface area contributed by atoms with Gasteiger partial charge in [0.25, 0.3) is 0 Å². The normalized spacial score (nSPS) is 36.4. The summed E-state index contributed by atoms with van der Waals surface area (Å²) in [6, 6.07) is 0. The Hall–Kier alpha value is -0.560. The molecule has 1 aliphatic carbocycles. The molecule has 1 spiro atoms. The molecule has 1 nitrogen and oxygen atoms in total. The summed E-state index contributed by atoms with van der Waals surface area (Å²) < 4.78 is 0. The Bertz CT molecular complexity index is 169. The summed E-state index contributed by atoms with van der Waals surface area (Å²) in [5.74, 6) is 0. The van der Waals surface area contributed by atoms with Gasteiger partial charge in [-0.25, -0.2) is 0 Å². The van der Waals surface area contributed by atoms with E-state index in [1.807, 2.05) is 0 Å². The lowest BCUT2D eigenvalue weighted by atomic mass is 9.85. The zero-order valence-corrected chi connectivity index (χ0v) is 6.84. The van der Waals surface area contributed by atoms with Gasteiger partial charge in [-0.3, -0.25) is 0 Å². The number of allylic oxidation sites excluding steroid dienone is 1. The fourth-order valence-electron chi connectivity index (χ4n) is 1.92. The molecule has 1 heteroatoms. The minimum absolute atomic E-state index is 0.247. The monoisotopic (exact) mass is 149 g/mol. The number of nitrogens with one attached hydrogen (secondary N) is 1. The van der Waals surface area contributed by atoms with Gasteiger partial charge in [0.1, 0.15) is 0 Å². The van der Waals surface area contributed by atoms with Crippen molar-refractivity contribution < 1.29 is 0 Å². The van der Waals surface area contributed by atoms with Crippen LogP contribution >= 0.6 is 0 Å². The van der Waals surface area contributed by atoms with Gasteiger partial charge in [0.2, 0.25) is 0 Å². The summed E-state index contributed by atoms with van der Waals surface area (Å²) in [7, 11) is 0. The van der Waals surface area contributed by atoms with Crippen molar-refractivity contribution in [1.29, 1.82) is 0 Å². The van der Waals surface area contributed by atoms with Crippen LogP contribution in [0.3, 0.4) is 0 Å². The van der Waals surface area contributed by atoms with Crippen molar-refractivity contribution in [2.75, 3.05) is 6.54 Å². The third-order valence-corrected chi connectivity index (χ3v) is 2.56. The zero-order chi connectivity index (χ0) is 7.57. The van der Waals surface area contributed by atoms with Gasteiger partial charge in [-0.2, -0.15) is 0 Å². The molecule has 1 atom stereocenters. The van der Waals surface area contributed by atoms with Crippen LogP contribution in [-0.2, 0) is 0 Å². The van der Waals surface area contributed by atoms with Gasteiger partial charge in [-0.05, 0) is 32.2 Å². The standard InChI is InChI=1S/C10H15N/c1-2-6-10(7-3-1)8-4-5-9-11-10/h2,4,6,8,11H,1,3,5,7,9H2. The van der Waals surface area contributed by atoms with Crippen LogP contribution in [0, 0.1) is 0 Å². The van der Waals surface area contributed by atoms with Gasteiger partial charge in [0.15, 0.2) is 0 Å². The lowest BCUT2D eigenvalue weighted by Crippen LogP contribution is -2.44. The van der Waals surface area contributed by atoms with Crippen molar-refractivity contribution in [3.63, 3.8) is 0 Å². The van der Waals surface area contributed by atoms with Crippen LogP contribution < -0.4 is 5.32 Å². The first-order valence-corrected chi connectivity index (χ1v) is 4.52. The second-order valence-electron chi connectivity index (χ2n) is 3.45. The summed E-state index contributed by atoms with van der Waals surface area (Å²) in [6.07, 6.45) is 14.3. The molecule has 1 unspecified atom stereocenters. The first-order valence-electron chi connectivity index (χ1n) is 4.52. The molecule has 2 aliphatic rings. The average molecular weight is 149 g/mol. The maximum Gasteiger partial charge on any atom is 0.0550 e. The number of hydrogen-bond donors (Lipinski definition) is 1. The van der Waals surface area contributed by atoms with Crippen LogP contribution in [0.2, 0.25) is 0 Å². The van der Waals surface area contributed by atoms with Crippen molar-refractivity contribution >= 4 is 0 Å². The highest BCUT2D eigenvalue weighted by molar-refractivity contribution is 5.22. The molecule has 0 aromatic heterocycles. The van der Waals surface area contributed by atoms with Crippen LogP contribution in [0.5, 0.6) is 0 Å². The predicted octanol–water partition coefficient (Wildman–Crippen LogP) is 2.01. The molecule has 0 aromatic rings. The van der Waals surface area contributed by atoms with E-state index in [1.165, 1.54) is 25.7 Å². The quantitative estimate of drug-likeness (QED) is 0.519. The lowest BCUT2D eigenvalue weighted by molar-refractivity contribution is 0.417. The van der Waals surface area contributed by atoms with E-state index in [4.69, 9.17) is 0 Å². The lowest BCUT2D eigenvalue weighted by Gasteiger charge is -2.33. The first kappa shape index (κ1) is 7.11. The maximum atomic E-state index is 3.56. The summed E-state index contributed by atoms with van der Waals surface area (Å²) in [5.41, 5.74) is 0.247. The average Bonchev–Trinajstić information content (AvgIpc) is 2.07. The van der Waals surface area contributed by atoms with Gasteiger partial charge in [-0.1, -0.05) is 24.3 Å². The molecule has 2 rings (SSSR count). The molecule has 0 saturated heterocycles. The van der Waals surface area contributed by atoms with E-state index < -0.39 is 0 Å². The molecule has 1 heterocycles. The van der Waals surface area contributed by atoms with Gasteiger partial charge >= 0.3 is 0 Å². The van der Waals surface area contributed by atoms with Crippen molar-refractivity contribution in [2.24, 2.45) is 0 Å². The Morgan fingerprint density at radius 3 is 2.55 bits per heavy atom. The molecule has 0 amide bonds. The Morgan fingerprint density at radius 2 is 1.91 bits per heavy atom. The van der Waals surface area contributed by atoms with Crippen LogP contribution in [0.25, 0.3) is 0 Å². The van der Waals surface area contributed by atoms with Crippen LogP contribution in [-0.4, -0.2) is 12.1 Å². The molecule has 1 N–H and O–H groups in total. The van der Waals surface area contributed by atoms with Crippen molar-refractivity contribution in [3.05, 3.63) is 24.3 Å². The summed E-state index contributed by atoms with van der Waals surface area (Å²) in [4.78, 5) is 0. The minimum atomic E-state index is 0.247. The molecular weight excluding hydrogens is 134 g/mol. The third kappa shape index (κ3) is 1.38. The topological polar surface area (TPSA) is 12.0 Å². The highest BCUT2D eigenvalue weighted by Crippen LogP contribution is 2.25.